The Morgan fingerprint density at radius 3 is 2.32 bits per heavy atom. The van der Waals surface area contributed by atoms with Gasteiger partial charge in [-0.25, -0.2) is 9.69 Å². The zero-order valence-electron chi connectivity index (χ0n) is 16.8. The summed E-state index contributed by atoms with van der Waals surface area (Å²) < 4.78 is 11.5. The number of carbonyl (C=O) groups is 2. The first-order chi connectivity index (χ1) is 15.1. The number of para-hydroxylation sites is 1. The number of carbonyl (C=O) groups excluding carboxylic acids is 2. The van der Waals surface area contributed by atoms with E-state index in [0.717, 1.165) is 29.7 Å². The smallest absolute Gasteiger partial charge is 0.418 e. The fraction of sp³-hybridized carbons (Fsp3) is 0.154. The van der Waals surface area contributed by atoms with Gasteiger partial charge in [-0.3, -0.25) is 4.79 Å². The van der Waals surface area contributed by atoms with Crippen molar-refractivity contribution in [3.8, 4) is 11.5 Å². The quantitative estimate of drug-likeness (QED) is 0.502. The Morgan fingerprint density at radius 1 is 0.935 bits per heavy atom. The molecule has 3 aromatic rings. The van der Waals surface area contributed by atoms with Crippen molar-refractivity contribution in [3.63, 3.8) is 0 Å². The van der Waals surface area contributed by atoms with Crippen LogP contribution in [-0.4, -0.2) is 22.5 Å². The van der Waals surface area contributed by atoms with Crippen LogP contribution in [0.2, 0.25) is 0 Å². The topological polar surface area (TPSA) is 55.8 Å². The average Bonchev–Trinajstić information content (AvgIpc) is 3.50. The fourth-order valence-corrected chi connectivity index (χ4v) is 3.98. The van der Waals surface area contributed by atoms with E-state index in [1.807, 2.05) is 84.9 Å². The van der Waals surface area contributed by atoms with E-state index in [1.54, 1.807) is 6.08 Å². The van der Waals surface area contributed by atoms with E-state index in [-0.39, 0.29) is 0 Å². The van der Waals surface area contributed by atoms with E-state index in [2.05, 4.69) is 0 Å². The second-order valence-electron chi connectivity index (χ2n) is 7.78. The third kappa shape index (κ3) is 3.82. The van der Waals surface area contributed by atoms with E-state index in [0.29, 0.717) is 5.75 Å². The number of imide groups is 1. The van der Waals surface area contributed by atoms with Crippen molar-refractivity contribution < 1.29 is 19.1 Å². The molecule has 1 saturated carbocycles. The molecule has 2 fully saturated rings. The molecule has 0 radical (unpaired) electrons. The molecule has 1 spiro atoms. The Morgan fingerprint density at radius 2 is 1.61 bits per heavy atom. The van der Waals surface area contributed by atoms with Gasteiger partial charge in [0.25, 0.3) is 5.91 Å². The molecule has 1 saturated heterocycles. The normalized spacial score (nSPS) is 18.9. The van der Waals surface area contributed by atoms with Crippen molar-refractivity contribution in [3.05, 3.63) is 102 Å². The van der Waals surface area contributed by atoms with Crippen LogP contribution in [0.5, 0.6) is 11.5 Å². The van der Waals surface area contributed by atoms with E-state index in [1.165, 1.54) is 11.0 Å². The lowest BCUT2D eigenvalue weighted by Gasteiger charge is -2.22. The molecule has 5 rings (SSSR count). The van der Waals surface area contributed by atoms with Crippen molar-refractivity contribution in [1.82, 2.24) is 4.90 Å². The van der Waals surface area contributed by atoms with Gasteiger partial charge in [0.15, 0.2) is 0 Å². The first-order valence-corrected chi connectivity index (χ1v) is 10.3. The maximum atomic E-state index is 13.0. The Hall–Kier alpha value is -3.86. The van der Waals surface area contributed by atoms with Gasteiger partial charge in [-0.2, -0.15) is 0 Å². The summed E-state index contributed by atoms with van der Waals surface area (Å²) in [6.07, 6.45) is 4.06. The van der Waals surface area contributed by atoms with E-state index >= 15 is 0 Å². The van der Waals surface area contributed by atoms with E-state index in [4.69, 9.17) is 9.47 Å². The molecule has 154 valence electrons. The molecule has 1 atom stereocenters. The van der Waals surface area contributed by atoms with Crippen LogP contribution in [0.4, 0.5) is 4.79 Å². The summed E-state index contributed by atoms with van der Waals surface area (Å²) in [6.45, 7) is 0. The Bertz CT molecular complexity index is 1140. The van der Waals surface area contributed by atoms with Crippen LogP contribution in [0.15, 0.2) is 91.0 Å². The van der Waals surface area contributed by atoms with Gasteiger partial charge < -0.3 is 9.47 Å². The van der Waals surface area contributed by atoms with Crippen LogP contribution in [0.1, 0.15) is 30.0 Å². The zero-order valence-corrected chi connectivity index (χ0v) is 16.8. The minimum atomic E-state index is -0.581. The maximum absolute atomic E-state index is 13.0. The number of hydrogen-bond acceptors (Lipinski definition) is 4. The minimum Gasteiger partial charge on any atom is -0.457 e. The highest BCUT2D eigenvalue weighted by atomic mass is 16.6. The monoisotopic (exact) mass is 411 g/mol. The Balaban J connectivity index is 1.36. The molecule has 5 heteroatoms. The summed E-state index contributed by atoms with van der Waals surface area (Å²) in [5.41, 5.74) is 1.13. The number of benzene rings is 3. The zero-order chi connectivity index (χ0) is 21.3. The summed E-state index contributed by atoms with van der Waals surface area (Å²) >= 11 is 0. The molecule has 0 unspecified atom stereocenters. The van der Waals surface area contributed by atoms with Gasteiger partial charge in [0, 0.05) is 6.08 Å². The highest BCUT2D eigenvalue weighted by Crippen LogP contribution is 2.56. The van der Waals surface area contributed by atoms with Gasteiger partial charge in [0.2, 0.25) is 0 Å². The second kappa shape index (κ2) is 7.76. The van der Waals surface area contributed by atoms with Crippen molar-refractivity contribution in [2.75, 3.05) is 0 Å². The Kier molecular flexibility index (Phi) is 4.79. The molecule has 5 nitrogen and oxygen atoms in total. The summed E-state index contributed by atoms with van der Waals surface area (Å²) in [4.78, 5) is 26.8. The standard InChI is InChI=1S/C26H21NO4/c28-23(15-14-19-8-7-13-22(18-19)30-21-11-5-2-6-12-21)27-24(20-9-3-1-4-10-20)26(16-17-26)31-25(27)29/h1-15,18,24H,16-17H2/b15-14+/t24-/m0/s1. The highest BCUT2D eigenvalue weighted by Gasteiger charge is 2.63. The van der Waals surface area contributed by atoms with Crippen LogP contribution in [0.25, 0.3) is 6.08 Å². The van der Waals surface area contributed by atoms with Crippen LogP contribution < -0.4 is 4.74 Å². The SMILES string of the molecule is O=C(/C=C/c1cccc(Oc2ccccc2)c1)N1C(=O)OC2(CC2)[C@@H]1c1ccccc1. The maximum Gasteiger partial charge on any atom is 0.418 e. The first-order valence-electron chi connectivity index (χ1n) is 10.3. The first kappa shape index (κ1) is 19.1. The third-order valence-electron chi connectivity index (χ3n) is 5.59. The number of nitrogens with zero attached hydrogens (tertiary/aromatic N) is 1. The summed E-state index contributed by atoms with van der Waals surface area (Å²) in [7, 11) is 0. The summed E-state index contributed by atoms with van der Waals surface area (Å²) in [6, 6.07) is 26.1. The summed E-state index contributed by atoms with van der Waals surface area (Å²) in [5.74, 6) is 1.01. The van der Waals surface area contributed by atoms with Crippen molar-refractivity contribution in [2.24, 2.45) is 0 Å². The van der Waals surface area contributed by atoms with Crippen molar-refractivity contribution >= 4 is 18.1 Å². The van der Waals surface area contributed by atoms with Gasteiger partial charge in [-0.05, 0) is 54.3 Å². The molecule has 31 heavy (non-hydrogen) atoms. The number of ether oxygens (including phenoxy) is 2. The van der Waals surface area contributed by atoms with Crippen LogP contribution >= 0.6 is 0 Å². The van der Waals surface area contributed by atoms with Crippen molar-refractivity contribution in [1.29, 1.82) is 0 Å². The van der Waals surface area contributed by atoms with Gasteiger partial charge in [-0.1, -0.05) is 60.7 Å². The minimum absolute atomic E-state index is 0.392. The molecule has 1 aliphatic carbocycles. The van der Waals surface area contributed by atoms with Crippen LogP contribution in [0, 0.1) is 0 Å². The molecule has 0 N–H and O–H groups in total. The molecule has 2 aliphatic rings. The molecule has 1 heterocycles. The third-order valence-corrected chi connectivity index (χ3v) is 5.59. The van der Waals surface area contributed by atoms with Gasteiger partial charge in [-0.15, -0.1) is 0 Å². The predicted molar refractivity (Wildman–Crippen MR) is 116 cm³/mol. The van der Waals surface area contributed by atoms with Crippen molar-refractivity contribution in [2.45, 2.75) is 24.5 Å². The fourth-order valence-electron chi connectivity index (χ4n) is 3.98. The van der Waals surface area contributed by atoms with Crippen LogP contribution in [0.3, 0.4) is 0 Å². The molecular weight excluding hydrogens is 390 g/mol. The predicted octanol–water partition coefficient (Wildman–Crippen LogP) is 5.74. The highest BCUT2D eigenvalue weighted by molar-refractivity contribution is 6.02. The largest absolute Gasteiger partial charge is 0.457 e. The average molecular weight is 411 g/mol. The number of rotatable bonds is 5. The van der Waals surface area contributed by atoms with Gasteiger partial charge in [0.05, 0.1) is 0 Å². The lowest BCUT2D eigenvalue weighted by atomic mass is 9.99. The number of hydrogen-bond donors (Lipinski definition) is 0. The van der Waals surface area contributed by atoms with E-state index in [9.17, 15) is 9.59 Å². The summed E-state index contributed by atoms with van der Waals surface area (Å²) in [5, 5.41) is 0. The van der Waals surface area contributed by atoms with Gasteiger partial charge in [0.1, 0.15) is 23.1 Å². The lowest BCUT2D eigenvalue weighted by Crippen LogP contribution is -2.34. The molecule has 0 aromatic heterocycles. The van der Waals surface area contributed by atoms with Gasteiger partial charge >= 0.3 is 6.09 Å². The molecule has 3 aromatic carbocycles. The van der Waals surface area contributed by atoms with E-state index < -0.39 is 23.6 Å². The second-order valence-corrected chi connectivity index (χ2v) is 7.78. The molecular formula is C26H21NO4. The number of amides is 2. The molecule has 2 amide bonds. The lowest BCUT2D eigenvalue weighted by molar-refractivity contribution is -0.124. The van der Waals surface area contributed by atoms with Crippen LogP contribution in [-0.2, 0) is 9.53 Å². The molecule has 0 bridgehead atoms. The Labute approximate surface area is 180 Å². The molecule has 1 aliphatic heterocycles.